The molecule has 0 aliphatic carbocycles. The minimum Gasteiger partial charge on any atom is 0 e. The molecule has 0 rings (SSSR count). The Kier molecular flexibility index (Phi) is 125. The molecule has 0 nitrogen and oxygen atoms in total. The second kappa shape index (κ2) is 17.1. The van der Waals surface area contributed by atoms with Crippen molar-refractivity contribution in [1.82, 2.24) is 0 Å². The summed E-state index contributed by atoms with van der Waals surface area (Å²) in [6, 6.07) is 0. The van der Waals surface area contributed by atoms with Crippen LogP contribution < -0.4 is 0 Å². The van der Waals surface area contributed by atoms with Crippen molar-refractivity contribution in [3.05, 3.63) is 0 Å². The molecule has 0 bridgehead atoms. The van der Waals surface area contributed by atoms with Crippen LogP contribution in [-0.4, -0.2) is 85.1 Å². The SMILES string of the molecule is [Li].[Li].[Te].[Te]. The van der Waals surface area contributed by atoms with Crippen LogP contribution in [0.5, 0.6) is 0 Å². The molecule has 0 aromatic heterocycles. The molecule has 0 aromatic rings. The molecule has 0 aliphatic rings. The predicted molar refractivity (Wildman–Crippen MR) is 23.0 cm³/mol. The van der Waals surface area contributed by atoms with Crippen molar-refractivity contribution in [3.8, 4) is 0 Å². The summed E-state index contributed by atoms with van der Waals surface area (Å²) in [5, 5.41) is 0. The summed E-state index contributed by atoms with van der Waals surface area (Å²) in [5.74, 6) is 0. The third-order valence-corrected chi connectivity index (χ3v) is 0. The molecule has 0 spiro atoms. The Morgan fingerprint density at radius 2 is 0.500 bits per heavy atom. The molecule has 0 atom stereocenters. The molecule has 4 heavy (non-hydrogen) atoms. The van der Waals surface area contributed by atoms with E-state index in [4.69, 9.17) is 0 Å². The van der Waals surface area contributed by atoms with E-state index < -0.39 is 0 Å². The first-order chi connectivity index (χ1) is 0. The van der Waals surface area contributed by atoms with E-state index in [1.54, 1.807) is 0 Å². The van der Waals surface area contributed by atoms with Gasteiger partial charge < -0.3 is 0 Å². The van der Waals surface area contributed by atoms with Gasteiger partial charge in [-0.15, -0.1) is 0 Å². The largest absolute Gasteiger partial charge is 0 e. The number of rotatable bonds is 0. The zero-order valence-electron chi connectivity index (χ0n) is 2.82. The third kappa shape index (κ3) is 8.84. The molecule has 14 valence electrons. The van der Waals surface area contributed by atoms with E-state index in [-0.39, 0.29) is 85.1 Å². The van der Waals surface area contributed by atoms with Crippen LogP contribution in [0.15, 0.2) is 0 Å². The zero-order valence-corrected chi connectivity index (χ0v) is 7.48. The maximum absolute atomic E-state index is 0. The van der Waals surface area contributed by atoms with E-state index in [0.29, 0.717) is 0 Å². The third-order valence-electron chi connectivity index (χ3n) is 0. The standard InChI is InChI=1S/2Li.2Te. The molecule has 0 amide bonds. The maximum atomic E-state index is 0. The molecule has 0 saturated carbocycles. The van der Waals surface area contributed by atoms with Gasteiger partial charge >= 0.3 is 0 Å². The molecule has 0 N–H and O–H groups in total. The molecule has 4 heteroatoms. The Morgan fingerprint density at radius 3 is 0.500 bits per heavy atom. The molecule has 0 aromatic carbocycles. The fourth-order valence-electron chi connectivity index (χ4n) is 0. The van der Waals surface area contributed by atoms with E-state index in [2.05, 4.69) is 0 Å². The molecule has 0 saturated heterocycles. The quantitative estimate of drug-likeness (QED) is 0.468. The van der Waals surface area contributed by atoms with Gasteiger partial charge in [0.05, 0.1) is 0 Å². The van der Waals surface area contributed by atoms with Gasteiger partial charge in [-0.25, -0.2) is 0 Å². The summed E-state index contributed by atoms with van der Waals surface area (Å²) in [7, 11) is 0. The van der Waals surface area contributed by atoms with Gasteiger partial charge in [-0.1, -0.05) is 0 Å². The summed E-state index contributed by atoms with van der Waals surface area (Å²) < 4.78 is 0. The summed E-state index contributed by atoms with van der Waals surface area (Å²) in [6.45, 7) is 0. The minimum atomic E-state index is 0. The average Bonchev–Trinajstić information content (AvgIpc) is 0. The van der Waals surface area contributed by atoms with Crippen molar-refractivity contribution >= 4 is 85.1 Å². The van der Waals surface area contributed by atoms with Gasteiger partial charge in [-0.2, -0.15) is 0 Å². The van der Waals surface area contributed by atoms with Crippen LogP contribution in [0.4, 0.5) is 0 Å². The summed E-state index contributed by atoms with van der Waals surface area (Å²) in [6.07, 6.45) is 0. The van der Waals surface area contributed by atoms with Crippen LogP contribution in [0.25, 0.3) is 0 Å². The van der Waals surface area contributed by atoms with Gasteiger partial charge in [0.2, 0.25) is 0 Å². The summed E-state index contributed by atoms with van der Waals surface area (Å²) in [5.41, 5.74) is 0. The van der Waals surface area contributed by atoms with Gasteiger partial charge in [-0.3, -0.25) is 0 Å². The van der Waals surface area contributed by atoms with Crippen molar-refractivity contribution in [1.29, 1.82) is 0 Å². The molecule has 0 fully saturated rings. The van der Waals surface area contributed by atoms with Crippen molar-refractivity contribution in [3.63, 3.8) is 0 Å². The molecule has 0 unspecified atom stereocenters. The second-order valence-corrected chi connectivity index (χ2v) is 0. The van der Waals surface area contributed by atoms with Crippen LogP contribution in [0, 0.1) is 0 Å². The van der Waals surface area contributed by atoms with Gasteiger partial charge in [0, 0.05) is 85.1 Å². The molecular weight excluding hydrogens is 269 g/mol. The molecule has 0 heterocycles. The minimum absolute atomic E-state index is 0. The number of hydrogen-bond donors (Lipinski definition) is 0. The van der Waals surface area contributed by atoms with Gasteiger partial charge in [0.1, 0.15) is 0 Å². The first-order valence-corrected chi connectivity index (χ1v) is 0. The van der Waals surface area contributed by atoms with Crippen molar-refractivity contribution in [2.45, 2.75) is 0 Å². The van der Waals surface area contributed by atoms with Gasteiger partial charge in [-0.05, 0) is 0 Å². The molecule has 6 radical (unpaired) electrons. The molecule has 0 aliphatic heterocycles. The first-order valence-electron chi connectivity index (χ1n) is 0. The van der Waals surface area contributed by atoms with E-state index in [0.717, 1.165) is 0 Å². The van der Waals surface area contributed by atoms with Crippen molar-refractivity contribution < 1.29 is 0 Å². The number of hydrogen-bond acceptors (Lipinski definition) is 0. The van der Waals surface area contributed by atoms with Crippen LogP contribution in [-0.2, 0) is 0 Å². The van der Waals surface area contributed by atoms with Crippen molar-refractivity contribution in [2.24, 2.45) is 0 Å². The molecular formula is Li2Te2. The Labute approximate surface area is 83.7 Å². The topological polar surface area (TPSA) is 0 Å². The van der Waals surface area contributed by atoms with Crippen LogP contribution in [0.1, 0.15) is 0 Å². The second-order valence-electron chi connectivity index (χ2n) is 0. The monoisotopic (exact) mass is 274 g/mol. The van der Waals surface area contributed by atoms with E-state index in [9.17, 15) is 0 Å². The Morgan fingerprint density at radius 1 is 0.500 bits per heavy atom. The van der Waals surface area contributed by atoms with E-state index >= 15 is 0 Å². The normalized spacial score (nSPS) is 0. The Hall–Kier alpha value is 2.77. The summed E-state index contributed by atoms with van der Waals surface area (Å²) in [4.78, 5) is 0. The van der Waals surface area contributed by atoms with E-state index in [1.807, 2.05) is 0 Å². The smallest absolute Gasteiger partial charge is 0 e. The van der Waals surface area contributed by atoms with Crippen LogP contribution >= 0.6 is 0 Å². The maximum Gasteiger partial charge on any atom is 0 e. The fraction of sp³-hybridized carbons (Fsp3) is 0. The first kappa shape index (κ1) is 29.3. The fourth-order valence-corrected chi connectivity index (χ4v) is 0. The Balaban J connectivity index is 0. The zero-order chi connectivity index (χ0) is 0. The Bertz CT molecular complexity index is 4.00. The van der Waals surface area contributed by atoms with E-state index in [1.165, 1.54) is 0 Å². The summed E-state index contributed by atoms with van der Waals surface area (Å²) >= 11 is 0. The predicted octanol–water partition coefficient (Wildman–Crippen LogP) is -1.52. The van der Waals surface area contributed by atoms with Gasteiger partial charge in [0.25, 0.3) is 0 Å². The van der Waals surface area contributed by atoms with Crippen LogP contribution in [0.2, 0.25) is 0 Å². The average molecular weight is 269 g/mol. The van der Waals surface area contributed by atoms with Crippen molar-refractivity contribution in [2.75, 3.05) is 0 Å². The van der Waals surface area contributed by atoms with Gasteiger partial charge in [0.15, 0.2) is 0 Å². The van der Waals surface area contributed by atoms with Crippen LogP contribution in [0.3, 0.4) is 0 Å².